The summed E-state index contributed by atoms with van der Waals surface area (Å²) >= 11 is 0. The highest BCUT2D eigenvalue weighted by atomic mass is 14.9. The molecule has 1 fully saturated rings. The van der Waals surface area contributed by atoms with Crippen LogP contribution in [0.25, 0.3) is 10.9 Å². The fourth-order valence-electron chi connectivity index (χ4n) is 1.82. The van der Waals surface area contributed by atoms with Crippen LogP contribution in [0.5, 0.6) is 0 Å². The fourth-order valence-corrected chi connectivity index (χ4v) is 1.82. The van der Waals surface area contributed by atoms with E-state index in [2.05, 4.69) is 23.0 Å². The number of benzene rings is 1. The SMILES string of the molecule is [CH2]c1nc(C2CC2)c2ccccc2n1. The van der Waals surface area contributed by atoms with Crippen molar-refractivity contribution in [1.82, 2.24) is 9.97 Å². The lowest BCUT2D eigenvalue weighted by atomic mass is 10.1. The minimum atomic E-state index is 0.644. The average Bonchev–Trinajstić information content (AvgIpc) is 2.99. The molecule has 14 heavy (non-hydrogen) atoms. The second-order valence-electron chi connectivity index (χ2n) is 3.82. The van der Waals surface area contributed by atoms with Gasteiger partial charge in [-0.2, -0.15) is 0 Å². The van der Waals surface area contributed by atoms with Gasteiger partial charge in [-0.15, -0.1) is 0 Å². The zero-order valence-electron chi connectivity index (χ0n) is 7.90. The van der Waals surface area contributed by atoms with Gasteiger partial charge < -0.3 is 0 Å². The van der Waals surface area contributed by atoms with Crippen LogP contribution in [0.15, 0.2) is 24.3 Å². The van der Waals surface area contributed by atoms with Crippen molar-refractivity contribution in [1.29, 1.82) is 0 Å². The van der Waals surface area contributed by atoms with Crippen LogP contribution < -0.4 is 0 Å². The van der Waals surface area contributed by atoms with E-state index in [1.165, 1.54) is 23.9 Å². The Morgan fingerprint density at radius 1 is 1.14 bits per heavy atom. The maximum Gasteiger partial charge on any atom is 0.129 e. The molecule has 2 heteroatoms. The maximum atomic E-state index is 4.44. The van der Waals surface area contributed by atoms with Gasteiger partial charge >= 0.3 is 0 Å². The first-order valence-corrected chi connectivity index (χ1v) is 4.93. The Labute approximate surface area is 83.0 Å². The predicted octanol–water partition coefficient (Wildman–Crippen LogP) is 2.69. The zero-order valence-corrected chi connectivity index (χ0v) is 7.90. The molecular weight excluding hydrogens is 172 g/mol. The Morgan fingerprint density at radius 3 is 2.71 bits per heavy atom. The zero-order chi connectivity index (χ0) is 9.54. The van der Waals surface area contributed by atoms with Crippen LogP contribution in [0, 0.1) is 6.92 Å². The highest BCUT2D eigenvalue weighted by Crippen LogP contribution is 2.41. The molecule has 0 saturated heterocycles. The van der Waals surface area contributed by atoms with Crippen molar-refractivity contribution in [2.75, 3.05) is 0 Å². The molecular formula is C12H11N2. The summed E-state index contributed by atoms with van der Waals surface area (Å²) in [5.41, 5.74) is 2.22. The molecule has 0 unspecified atom stereocenters. The maximum absolute atomic E-state index is 4.44. The third kappa shape index (κ3) is 1.18. The highest BCUT2D eigenvalue weighted by molar-refractivity contribution is 5.81. The molecule has 3 rings (SSSR count). The summed E-state index contributed by atoms with van der Waals surface area (Å²) in [7, 11) is 0. The summed E-state index contributed by atoms with van der Waals surface area (Å²) < 4.78 is 0. The van der Waals surface area contributed by atoms with Crippen molar-refractivity contribution in [2.45, 2.75) is 18.8 Å². The largest absolute Gasteiger partial charge is 0.237 e. The molecule has 0 atom stereocenters. The first kappa shape index (κ1) is 7.92. The van der Waals surface area contributed by atoms with Gasteiger partial charge in [0.05, 0.1) is 11.2 Å². The van der Waals surface area contributed by atoms with Gasteiger partial charge in [0.15, 0.2) is 0 Å². The molecule has 1 saturated carbocycles. The van der Waals surface area contributed by atoms with E-state index in [9.17, 15) is 0 Å². The van der Waals surface area contributed by atoms with Gasteiger partial charge in [0.2, 0.25) is 0 Å². The second kappa shape index (κ2) is 2.77. The van der Waals surface area contributed by atoms with Gasteiger partial charge in [0, 0.05) is 18.2 Å². The lowest BCUT2D eigenvalue weighted by Gasteiger charge is -2.04. The Morgan fingerprint density at radius 2 is 1.93 bits per heavy atom. The van der Waals surface area contributed by atoms with Crippen LogP contribution in [0.3, 0.4) is 0 Å². The first-order valence-electron chi connectivity index (χ1n) is 4.93. The number of hydrogen-bond donors (Lipinski definition) is 0. The third-order valence-corrected chi connectivity index (χ3v) is 2.64. The first-order chi connectivity index (χ1) is 6.84. The summed E-state index contributed by atoms with van der Waals surface area (Å²) in [6, 6.07) is 8.17. The molecule has 2 aromatic rings. The Balaban J connectivity index is 2.34. The Bertz CT molecular complexity index is 487. The number of nitrogens with zero attached hydrogens (tertiary/aromatic N) is 2. The summed E-state index contributed by atoms with van der Waals surface area (Å²) in [5.74, 6) is 1.30. The van der Waals surface area contributed by atoms with Crippen LogP contribution in [-0.2, 0) is 0 Å². The van der Waals surface area contributed by atoms with Crippen LogP contribution in [0.1, 0.15) is 30.3 Å². The van der Waals surface area contributed by atoms with Crippen molar-refractivity contribution in [3.63, 3.8) is 0 Å². The smallest absolute Gasteiger partial charge is 0.129 e. The molecule has 69 valence electrons. The Kier molecular flexibility index (Phi) is 1.57. The summed E-state index contributed by atoms with van der Waals surface area (Å²) in [4.78, 5) is 8.77. The molecule has 1 aromatic carbocycles. The topological polar surface area (TPSA) is 25.8 Å². The monoisotopic (exact) mass is 183 g/mol. The molecule has 2 nitrogen and oxygen atoms in total. The van der Waals surface area contributed by atoms with Crippen molar-refractivity contribution in [2.24, 2.45) is 0 Å². The van der Waals surface area contributed by atoms with E-state index < -0.39 is 0 Å². The molecule has 1 heterocycles. The lowest BCUT2D eigenvalue weighted by molar-refractivity contribution is 0.997. The minimum absolute atomic E-state index is 0.644. The number of hydrogen-bond acceptors (Lipinski definition) is 2. The van der Waals surface area contributed by atoms with Crippen molar-refractivity contribution in [3.8, 4) is 0 Å². The van der Waals surface area contributed by atoms with Crippen molar-refractivity contribution >= 4 is 10.9 Å². The predicted molar refractivity (Wildman–Crippen MR) is 56.0 cm³/mol. The molecule has 0 spiro atoms. The molecule has 0 N–H and O–H groups in total. The van der Waals surface area contributed by atoms with E-state index in [0.29, 0.717) is 11.7 Å². The molecule has 1 aromatic heterocycles. The summed E-state index contributed by atoms with van der Waals surface area (Å²) in [6.07, 6.45) is 2.53. The van der Waals surface area contributed by atoms with Gasteiger partial charge in [-0.3, -0.25) is 0 Å². The number of aromatic nitrogens is 2. The summed E-state index contributed by atoms with van der Waals surface area (Å²) in [5, 5.41) is 1.20. The summed E-state index contributed by atoms with van der Waals surface area (Å²) in [6.45, 7) is 3.82. The second-order valence-corrected chi connectivity index (χ2v) is 3.82. The highest BCUT2D eigenvalue weighted by Gasteiger charge is 2.27. The van der Waals surface area contributed by atoms with Crippen LogP contribution in [0.4, 0.5) is 0 Å². The van der Waals surface area contributed by atoms with Crippen LogP contribution >= 0.6 is 0 Å². The van der Waals surface area contributed by atoms with Gasteiger partial charge in [0.25, 0.3) is 0 Å². The third-order valence-electron chi connectivity index (χ3n) is 2.64. The van der Waals surface area contributed by atoms with Gasteiger partial charge in [0.1, 0.15) is 5.82 Å². The normalized spacial score (nSPS) is 16.1. The Hall–Kier alpha value is -1.44. The molecule has 0 amide bonds. The molecule has 1 radical (unpaired) electrons. The van der Waals surface area contributed by atoms with E-state index in [1.807, 2.05) is 18.2 Å². The minimum Gasteiger partial charge on any atom is -0.237 e. The van der Waals surface area contributed by atoms with Gasteiger partial charge in [-0.1, -0.05) is 18.2 Å². The van der Waals surface area contributed by atoms with Crippen LogP contribution in [-0.4, -0.2) is 9.97 Å². The van der Waals surface area contributed by atoms with E-state index in [0.717, 1.165) is 5.52 Å². The molecule has 1 aliphatic rings. The lowest BCUT2D eigenvalue weighted by Crippen LogP contribution is -1.95. The number of para-hydroxylation sites is 1. The van der Waals surface area contributed by atoms with Gasteiger partial charge in [-0.25, -0.2) is 9.97 Å². The number of rotatable bonds is 1. The van der Waals surface area contributed by atoms with E-state index in [4.69, 9.17) is 0 Å². The number of fused-ring (bicyclic) bond motifs is 1. The van der Waals surface area contributed by atoms with Gasteiger partial charge in [-0.05, 0) is 18.9 Å². The molecule has 0 aliphatic heterocycles. The molecule has 1 aliphatic carbocycles. The van der Waals surface area contributed by atoms with E-state index in [1.54, 1.807) is 0 Å². The van der Waals surface area contributed by atoms with E-state index >= 15 is 0 Å². The van der Waals surface area contributed by atoms with Crippen molar-refractivity contribution < 1.29 is 0 Å². The fraction of sp³-hybridized carbons (Fsp3) is 0.250. The van der Waals surface area contributed by atoms with Crippen LogP contribution in [0.2, 0.25) is 0 Å². The average molecular weight is 183 g/mol. The van der Waals surface area contributed by atoms with Crippen molar-refractivity contribution in [3.05, 3.63) is 42.7 Å². The van der Waals surface area contributed by atoms with E-state index in [-0.39, 0.29) is 0 Å². The quantitative estimate of drug-likeness (QED) is 0.679. The standard InChI is InChI=1S/C12H11N2/c1-8-13-11-5-3-2-4-10(11)12(14-8)9-6-7-9/h2-5,9H,1,6-7H2. The molecule has 0 bridgehead atoms.